The number of fused-ring (bicyclic) bond motifs is 1. The third kappa shape index (κ3) is 1.78. The number of rotatable bonds is 2. The molecule has 2 aliphatic rings. The number of hydrogen-bond acceptors (Lipinski definition) is 3. The SMILES string of the molecule is C1=CN(Nc2cccc3c2CCCC3)OC1. The van der Waals surface area contributed by atoms with E-state index >= 15 is 0 Å². The van der Waals surface area contributed by atoms with Gasteiger partial charge in [0, 0.05) is 0 Å². The first-order valence-electron chi connectivity index (χ1n) is 5.90. The minimum Gasteiger partial charge on any atom is -0.275 e. The van der Waals surface area contributed by atoms with Crippen LogP contribution >= 0.6 is 0 Å². The van der Waals surface area contributed by atoms with Gasteiger partial charge in [0.1, 0.15) is 0 Å². The van der Waals surface area contributed by atoms with Crippen LogP contribution in [0.4, 0.5) is 5.69 Å². The molecule has 1 aliphatic carbocycles. The van der Waals surface area contributed by atoms with Crippen LogP contribution in [0.1, 0.15) is 24.0 Å². The summed E-state index contributed by atoms with van der Waals surface area (Å²) >= 11 is 0. The van der Waals surface area contributed by atoms with E-state index in [0.29, 0.717) is 6.61 Å². The predicted octanol–water partition coefficient (Wildman–Crippen LogP) is 2.65. The average Bonchev–Trinajstić information content (AvgIpc) is 2.82. The monoisotopic (exact) mass is 216 g/mol. The van der Waals surface area contributed by atoms with Gasteiger partial charge < -0.3 is 0 Å². The minimum absolute atomic E-state index is 0.655. The Morgan fingerprint density at radius 1 is 1.19 bits per heavy atom. The van der Waals surface area contributed by atoms with Crippen LogP contribution in [0.5, 0.6) is 0 Å². The van der Waals surface area contributed by atoms with Crippen molar-refractivity contribution in [3.8, 4) is 0 Å². The van der Waals surface area contributed by atoms with Gasteiger partial charge in [-0.3, -0.25) is 5.43 Å². The van der Waals surface area contributed by atoms with Gasteiger partial charge >= 0.3 is 0 Å². The molecule has 16 heavy (non-hydrogen) atoms. The molecular formula is C13H16N2O. The summed E-state index contributed by atoms with van der Waals surface area (Å²) in [5.41, 5.74) is 7.42. The van der Waals surface area contributed by atoms with E-state index in [1.165, 1.54) is 42.5 Å². The second kappa shape index (κ2) is 4.18. The van der Waals surface area contributed by atoms with Crippen LogP contribution < -0.4 is 5.43 Å². The van der Waals surface area contributed by atoms with E-state index in [1.54, 1.807) is 5.17 Å². The molecule has 1 aliphatic heterocycles. The van der Waals surface area contributed by atoms with E-state index in [-0.39, 0.29) is 0 Å². The third-order valence-electron chi connectivity index (χ3n) is 3.18. The van der Waals surface area contributed by atoms with E-state index in [2.05, 4.69) is 23.6 Å². The standard InChI is InChI=1S/C13H16N2O/c1-2-7-12-11(5-1)6-3-8-13(12)14-15-9-4-10-16-15/h3-4,6,8-9,14H,1-2,5,7,10H2. The van der Waals surface area contributed by atoms with E-state index in [9.17, 15) is 0 Å². The first-order chi connectivity index (χ1) is 7.93. The quantitative estimate of drug-likeness (QED) is 0.822. The fourth-order valence-corrected chi connectivity index (χ4v) is 2.38. The Kier molecular flexibility index (Phi) is 2.54. The Labute approximate surface area is 95.6 Å². The molecule has 0 radical (unpaired) electrons. The van der Waals surface area contributed by atoms with Crippen molar-refractivity contribution in [2.45, 2.75) is 25.7 Å². The van der Waals surface area contributed by atoms with E-state index in [4.69, 9.17) is 4.84 Å². The van der Waals surface area contributed by atoms with Gasteiger partial charge in [-0.05, 0) is 49.0 Å². The fourth-order valence-electron chi connectivity index (χ4n) is 2.38. The van der Waals surface area contributed by atoms with Crippen LogP contribution in [-0.4, -0.2) is 11.8 Å². The molecule has 3 rings (SSSR count). The van der Waals surface area contributed by atoms with E-state index in [1.807, 2.05) is 12.3 Å². The van der Waals surface area contributed by atoms with Crippen molar-refractivity contribution in [2.75, 3.05) is 12.0 Å². The molecular weight excluding hydrogens is 200 g/mol. The number of hydrogen-bond donors (Lipinski definition) is 1. The zero-order valence-corrected chi connectivity index (χ0v) is 9.28. The summed E-state index contributed by atoms with van der Waals surface area (Å²) in [5.74, 6) is 0. The zero-order valence-electron chi connectivity index (χ0n) is 9.28. The van der Waals surface area contributed by atoms with E-state index in [0.717, 1.165) is 0 Å². The summed E-state index contributed by atoms with van der Waals surface area (Å²) in [6.07, 6.45) is 8.90. The Bertz CT molecular complexity index is 414. The lowest BCUT2D eigenvalue weighted by Crippen LogP contribution is -2.22. The number of hydroxylamine groups is 1. The molecule has 3 nitrogen and oxygen atoms in total. The summed E-state index contributed by atoms with van der Waals surface area (Å²) < 4.78 is 0. The highest BCUT2D eigenvalue weighted by molar-refractivity contribution is 5.55. The highest BCUT2D eigenvalue weighted by Crippen LogP contribution is 2.28. The smallest absolute Gasteiger partial charge is 0.0970 e. The van der Waals surface area contributed by atoms with Gasteiger partial charge in [-0.2, -0.15) is 5.17 Å². The summed E-state index contributed by atoms with van der Waals surface area (Å²) in [4.78, 5) is 5.36. The summed E-state index contributed by atoms with van der Waals surface area (Å²) in [7, 11) is 0. The first-order valence-corrected chi connectivity index (χ1v) is 5.90. The Hall–Kier alpha value is -1.48. The second-order valence-corrected chi connectivity index (χ2v) is 4.27. The molecule has 1 aromatic rings. The maximum absolute atomic E-state index is 5.36. The maximum Gasteiger partial charge on any atom is 0.0970 e. The number of nitrogens with one attached hydrogen (secondary N) is 1. The van der Waals surface area contributed by atoms with Crippen molar-refractivity contribution < 1.29 is 4.84 Å². The molecule has 0 fully saturated rings. The lowest BCUT2D eigenvalue weighted by atomic mass is 9.90. The van der Waals surface area contributed by atoms with Crippen molar-refractivity contribution in [1.82, 2.24) is 5.17 Å². The second-order valence-electron chi connectivity index (χ2n) is 4.27. The summed E-state index contributed by atoms with van der Waals surface area (Å²) in [6, 6.07) is 6.48. The Morgan fingerprint density at radius 3 is 3.00 bits per heavy atom. The van der Waals surface area contributed by atoms with Gasteiger partial charge in [-0.1, -0.05) is 12.1 Å². The normalized spacial score (nSPS) is 18.6. The molecule has 1 heterocycles. The number of aryl methyl sites for hydroxylation is 1. The van der Waals surface area contributed by atoms with Crippen molar-refractivity contribution in [3.05, 3.63) is 41.6 Å². The average molecular weight is 216 g/mol. The molecule has 1 aromatic carbocycles. The van der Waals surface area contributed by atoms with Crippen LogP contribution in [0, 0.1) is 0 Å². The third-order valence-corrected chi connectivity index (χ3v) is 3.18. The van der Waals surface area contributed by atoms with Gasteiger partial charge in [0.05, 0.1) is 18.5 Å². The van der Waals surface area contributed by atoms with Crippen molar-refractivity contribution in [1.29, 1.82) is 0 Å². The van der Waals surface area contributed by atoms with Crippen LogP contribution in [0.3, 0.4) is 0 Å². The van der Waals surface area contributed by atoms with Gasteiger partial charge in [-0.15, -0.1) is 0 Å². The van der Waals surface area contributed by atoms with Gasteiger partial charge in [0.15, 0.2) is 0 Å². The first kappa shape index (κ1) is 9.73. The highest BCUT2D eigenvalue weighted by Gasteiger charge is 2.14. The van der Waals surface area contributed by atoms with Crippen molar-refractivity contribution >= 4 is 5.69 Å². The molecule has 3 heteroatoms. The number of hydrazine groups is 1. The van der Waals surface area contributed by atoms with Crippen LogP contribution in [-0.2, 0) is 17.7 Å². The number of nitrogens with zero attached hydrogens (tertiary/aromatic N) is 1. The Balaban J connectivity index is 1.85. The molecule has 84 valence electrons. The minimum atomic E-state index is 0.655. The molecule has 0 aromatic heterocycles. The maximum atomic E-state index is 5.36. The van der Waals surface area contributed by atoms with Crippen molar-refractivity contribution in [3.63, 3.8) is 0 Å². The molecule has 0 saturated carbocycles. The highest BCUT2D eigenvalue weighted by atomic mass is 16.7. The number of anilines is 1. The summed E-state index contributed by atoms with van der Waals surface area (Å²) in [6.45, 7) is 0.655. The topological polar surface area (TPSA) is 24.5 Å². The Morgan fingerprint density at radius 2 is 2.12 bits per heavy atom. The molecule has 0 amide bonds. The number of benzene rings is 1. The molecule has 1 N–H and O–H groups in total. The predicted molar refractivity (Wildman–Crippen MR) is 63.6 cm³/mol. The lowest BCUT2D eigenvalue weighted by Gasteiger charge is -2.23. The fraction of sp³-hybridized carbons (Fsp3) is 0.385. The molecule has 0 spiro atoms. The van der Waals surface area contributed by atoms with Crippen molar-refractivity contribution in [2.24, 2.45) is 0 Å². The largest absolute Gasteiger partial charge is 0.275 e. The zero-order chi connectivity index (χ0) is 10.8. The van der Waals surface area contributed by atoms with Gasteiger partial charge in [0.25, 0.3) is 0 Å². The van der Waals surface area contributed by atoms with Gasteiger partial charge in [0.2, 0.25) is 0 Å². The molecule has 0 unspecified atom stereocenters. The van der Waals surface area contributed by atoms with E-state index < -0.39 is 0 Å². The lowest BCUT2D eigenvalue weighted by molar-refractivity contribution is -0.0682. The molecule has 0 atom stereocenters. The van der Waals surface area contributed by atoms with Crippen LogP contribution in [0.15, 0.2) is 30.5 Å². The summed E-state index contributed by atoms with van der Waals surface area (Å²) in [5, 5.41) is 1.68. The van der Waals surface area contributed by atoms with Crippen LogP contribution in [0.25, 0.3) is 0 Å². The van der Waals surface area contributed by atoms with Gasteiger partial charge in [-0.25, -0.2) is 4.84 Å². The van der Waals surface area contributed by atoms with Crippen LogP contribution in [0.2, 0.25) is 0 Å². The molecule has 0 saturated heterocycles. The molecule has 0 bridgehead atoms.